The van der Waals surface area contributed by atoms with Crippen molar-refractivity contribution in [1.29, 1.82) is 0 Å². The van der Waals surface area contributed by atoms with Gasteiger partial charge in [0, 0.05) is 23.9 Å². The van der Waals surface area contributed by atoms with E-state index in [0.29, 0.717) is 12.8 Å². The minimum atomic E-state index is -0.909. The van der Waals surface area contributed by atoms with E-state index in [4.69, 9.17) is 0 Å². The third kappa shape index (κ3) is 73.0. The van der Waals surface area contributed by atoms with Gasteiger partial charge in [0.2, 0.25) is 0 Å². The molecule has 0 spiro atoms. The molecule has 2 unspecified atom stereocenters. The van der Waals surface area contributed by atoms with Gasteiger partial charge in [-0.05, 0) is 63.2 Å². The Labute approximate surface area is 387 Å². The van der Waals surface area contributed by atoms with Gasteiger partial charge in [0.1, 0.15) is 0 Å². The fourth-order valence-corrected chi connectivity index (χ4v) is 9.93. The van der Waals surface area contributed by atoms with Crippen molar-refractivity contribution in [3.05, 3.63) is 0 Å². The summed E-state index contributed by atoms with van der Waals surface area (Å²) in [4.78, 5) is 40.8. The molecule has 342 valence electrons. The van der Waals surface area contributed by atoms with E-state index in [1.807, 2.05) is 13.8 Å². The Balaban J connectivity index is -0.000000147. The fourth-order valence-electron chi connectivity index (χ4n) is 5.77. The molecule has 0 aliphatic heterocycles. The Morgan fingerprint density at radius 2 is 0.603 bits per heavy atom. The summed E-state index contributed by atoms with van der Waals surface area (Å²) >= 11 is 0.149. The number of rotatable bonds is 36. The molecular formula is C48H94O8Sn2. The van der Waals surface area contributed by atoms with E-state index in [0.717, 1.165) is 64.2 Å². The van der Waals surface area contributed by atoms with E-state index in [-0.39, 0.29) is 69.7 Å². The Bertz CT molecular complexity index is 749. The standard InChI is InChI=1S/2C12H24O2.2C8H16O2.2C4H9.2Sn/c2*1-2-3-4-5-6-7-8-9-10-11-12(13)14;2*1-3-5-6-7(4-2)8(9)10;2*1-3-4-2;;/h2*2-11H2,1H3,(H,13,14);2*7H,3-6H2,1-2H3,(H,9,10);2*1,3-4H2,2H3;;/q;;;;;;2*+2/p-4. The van der Waals surface area contributed by atoms with E-state index < -0.39 is 23.9 Å². The number of carboxylic acid groups (broad SMARTS) is 4. The number of carbonyl (C=O) groups is 4. The third-order valence-corrected chi connectivity index (χ3v) is 13.9. The second-order valence-corrected chi connectivity index (χ2v) is 19.8. The Kier molecular flexibility index (Phi) is 75.3. The quantitative estimate of drug-likeness (QED) is 0.0443. The molecule has 2 radical (unpaired) electrons. The van der Waals surface area contributed by atoms with Crippen LogP contribution in [0, 0.1) is 11.8 Å². The Morgan fingerprint density at radius 3 is 0.810 bits per heavy atom. The molecule has 0 aliphatic carbocycles. The monoisotopic (exact) mass is 1040 g/mol. The van der Waals surface area contributed by atoms with Crippen molar-refractivity contribution < 1.29 is 39.6 Å². The molecule has 0 heterocycles. The maximum absolute atomic E-state index is 10.3. The third-order valence-electron chi connectivity index (χ3n) is 9.85. The van der Waals surface area contributed by atoms with E-state index >= 15 is 0 Å². The number of carbonyl (C=O) groups excluding carboxylic acids is 4. The summed E-state index contributed by atoms with van der Waals surface area (Å²) < 4.78 is 3.25. The van der Waals surface area contributed by atoms with Gasteiger partial charge in [-0.3, -0.25) is 0 Å². The summed E-state index contributed by atoms with van der Waals surface area (Å²) in [5.41, 5.74) is 0. The zero-order chi connectivity index (χ0) is 44.2. The first-order chi connectivity index (χ1) is 27.4. The van der Waals surface area contributed by atoms with Crippen LogP contribution in [-0.2, 0) is 19.2 Å². The molecule has 0 fully saturated rings. The predicted octanol–water partition coefficient (Wildman–Crippen LogP) is 9.97. The topological polar surface area (TPSA) is 161 Å². The fraction of sp³-hybridized carbons (Fsp3) is 0.917. The second-order valence-electron chi connectivity index (χ2n) is 15.5. The second kappa shape index (κ2) is 63.1. The van der Waals surface area contributed by atoms with Gasteiger partial charge in [-0.2, -0.15) is 0 Å². The van der Waals surface area contributed by atoms with Crippen molar-refractivity contribution in [2.45, 2.75) is 270 Å². The van der Waals surface area contributed by atoms with Crippen LogP contribution in [0.25, 0.3) is 0 Å². The SMILES string of the molecule is CCCCC(CC)C(=O)[O-].CCCCC(CC)C(=O)[O-].CCCCCCCCCCCC(=O)[O-].CCCCCCCCCCCC(=O)[O-].CCC[CH2][Sn+2][CH2]CCC.[Sn+2]. The smallest absolute Gasteiger partial charge is 2.00 e. The summed E-state index contributed by atoms with van der Waals surface area (Å²) in [5.74, 6) is -4.05. The number of carboxylic acids is 4. The molecule has 0 aromatic rings. The van der Waals surface area contributed by atoms with Crippen LogP contribution in [0.2, 0.25) is 8.87 Å². The summed E-state index contributed by atoms with van der Waals surface area (Å²) in [6.45, 7) is 16.9. The number of hydrogen-bond acceptors (Lipinski definition) is 8. The summed E-state index contributed by atoms with van der Waals surface area (Å²) in [5, 5.41) is 40.8. The molecule has 0 bridgehead atoms. The number of hydrogen-bond donors (Lipinski definition) is 0. The molecule has 8 nitrogen and oxygen atoms in total. The molecule has 0 saturated carbocycles. The molecule has 0 aromatic heterocycles. The van der Waals surface area contributed by atoms with E-state index in [1.54, 1.807) is 8.87 Å². The molecule has 0 rings (SSSR count). The van der Waals surface area contributed by atoms with Crippen LogP contribution < -0.4 is 20.4 Å². The number of aliphatic carboxylic acids is 4. The van der Waals surface area contributed by atoms with Gasteiger partial charge in [0.15, 0.2) is 0 Å². The van der Waals surface area contributed by atoms with Crippen molar-refractivity contribution in [3.63, 3.8) is 0 Å². The van der Waals surface area contributed by atoms with Gasteiger partial charge < -0.3 is 39.6 Å². The molecular weight excluding hydrogens is 942 g/mol. The minimum Gasteiger partial charge on any atom is 2.00 e. The van der Waals surface area contributed by atoms with Gasteiger partial charge >= 0.3 is 93.5 Å². The van der Waals surface area contributed by atoms with Crippen molar-refractivity contribution in [1.82, 2.24) is 0 Å². The molecule has 0 amide bonds. The Hall–Kier alpha value is -0.523. The van der Waals surface area contributed by atoms with Crippen LogP contribution in [0.5, 0.6) is 0 Å². The van der Waals surface area contributed by atoms with Crippen LogP contribution in [-0.4, -0.2) is 68.9 Å². The Morgan fingerprint density at radius 1 is 0.362 bits per heavy atom. The van der Waals surface area contributed by atoms with Crippen LogP contribution in [0.4, 0.5) is 0 Å². The molecule has 10 heteroatoms. The number of unbranched alkanes of at least 4 members (excludes halogenated alkanes) is 20. The molecule has 0 saturated heterocycles. The average molecular weight is 1040 g/mol. The maximum Gasteiger partial charge on any atom is 2.00 e. The summed E-state index contributed by atoms with van der Waals surface area (Å²) in [7, 11) is 0. The van der Waals surface area contributed by atoms with Crippen molar-refractivity contribution in [3.8, 4) is 0 Å². The van der Waals surface area contributed by atoms with Crippen molar-refractivity contribution in [2.75, 3.05) is 0 Å². The van der Waals surface area contributed by atoms with Crippen LogP contribution in [0.15, 0.2) is 0 Å². The van der Waals surface area contributed by atoms with E-state index in [1.165, 1.54) is 116 Å². The normalized spacial score (nSPS) is 10.9. The molecule has 2 atom stereocenters. The zero-order valence-corrected chi connectivity index (χ0v) is 45.2. The van der Waals surface area contributed by atoms with E-state index in [9.17, 15) is 39.6 Å². The minimum absolute atomic E-state index is 0. The average Bonchev–Trinajstić information content (AvgIpc) is 3.18. The van der Waals surface area contributed by atoms with Gasteiger partial charge in [0.25, 0.3) is 0 Å². The van der Waals surface area contributed by atoms with Gasteiger partial charge in [0.05, 0.1) is 0 Å². The zero-order valence-electron chi connectivity index (χ0n) is 39.5. The molecule has 0 aromatic carbocycles. The van der Waals surface area contributed by atoms with Crippen LogP contribution in [0.1, 0.15) is 261 Å². The summed E-state index contributed by atoms with van der Waals surface area (Å²) in [6, 6.07) is 0. The van der Waals surface area contributed by atoms with Gasteiger partial charge in [-0.1, -0.05) is 170 Å². The maximum atomic E-state index is 10.3. The first kappa shape index (κ1) is 69.2. The summed E-state index contributed by atoms with van der Waals surface area (Å²) in [6.07, 6.45) is 35.2. The van der Waals surface area contributed by atoms with Gasteiger partial charge in [-0.15, -0.1) is 0 Å². The molecule has 0 N–H and O–H groups in total. The van der Waals surface area contributed by atoms with Crippen molar-refractivity contribution in [2.24, 2.45) is 11.8 Å². The first-order valence-corrected chi connectivity index (χ1v) is 28.0. The molecule has 58 heavy (non-hydrogen) atoms. The predicted molar refractivity (Wildman–Crippen MR) is 241 cm³/mol. The van der Waals surface area contributed by atoms with Crippen LogP contribution in [0.3, 0.4) is 0 Å². The van der Waals surface area contributed by atoms with Gasteiger partial charge in [-0.25, -0.2) is 0 Å². The first-order valence-electron chi connectivity index (χ1n) is 23.9. The van der Waals surface area contributed by atoms with E-state index in [2.05, 4.69) is 41.5 Å². The van der Waals surface area contributed by atoms with Crippen LogP contribution >= 0.6 is 0 Å². The van der Waals surface area contributed by atoms with Crippen molar-refractivity contribution >= 4 is 68.9 Å². The largest absolute Gasteiger partial charge is 2.00 e. The molecule has 0 aliphatic rings.